The average Bonchev–Trinajstić information content (AvgIpc) is 2.60. The number of hydrogen-bond donors (Lipinski definition) is 0. The summed E-state index contributed by atoms with van der Waals surface area (Å²) >= 11 is 11.5. The minimum atomic E-state index is -4.50. The molecule has 2 nitrogen and oxygen atoms in total. The van der Waals surface area contributed by atoms with E-state index >= 15 is 0 Å². The van der Waals surface area contributed by atoms with Gasteiger partial charge < -0.3 is 4.42 Å². The maximum absolute atomic E-state index is 12.7. The fourth-order valence-corrected chi connectivity index (χ4v) is 1.79. The van der Waals surface area contributed by atoms with Crippen molar-refractivity contribution in [3.63, 3.8) is 0 Å². The maximum Gasteiger partial charge on any atom is 0.420 e. The van der Waals surface area contributed by atoms with Crippen molar-refractivity contribution in [1.29, 1.82) is 0 Å². The van der Waals surface area contributed by atoms with Crippen molar-refractivity contribution in [3.05, 3.63) is 28.7 Å². The summed E-state index contributed by atoms with van der Waals surface area (Å²) in [5.74, 6) is 0. The molecule has 0 saturated carbocycles. The molecule has 2 rings (SSSR count). The second-order valence-corrected chi connectivity index (χ2v) is 4.49. The Bertz CT molecular complexity index is 562. The van der Waals surface area contributed by atoms with Gasteiger partial charge in [0.25, 0.3) is 0 Å². The van der Waals surface area contributed by atoms with Crippen LogP contribution in [0.3, 0.4) is 0 Å². The molecule has 0 aromatic carbocycles. The Labute approximate surface area is 104 Å². The average molecular weight is 284 g/mol. The summed E-state index contributed by atoms with van der Waals surface area (Å²) in [6.45, 7) is 1.60. The molecule has 7 heteroatoms. The minimum absolute atomic E-state index is 0.0833. The highest BCUT2D eigenvalue weighted by Gasteiger charge is 2.35. The van der Waals surface area contributed by atoms with E-state index in [1.165, 1.54) is 6.07 Å². The first-order valence-corrected chi connectivity index (χ1v) is 5.41. The van der Waals surface area contributed by atoms with E-state index in [2.05, 4.69) is 4.98 Å². The predicted octanol–water partition coefficient (Wildman–Crippen LogP) is 4.80. The van der Waals surface area contributed by atoms with Crippen LogP contribution in [0.5, 0.6) is 0 Å². The number of fused-ring (bicyclic) bond motifs is 1. The molecule has 0 fully saturated rings. The van der Waals surface area contributed by atoms with Crippen LogP contribution in [0.1, 0.15) is 23.6 Å². The number of aromatic nitrogens is 1. The Balaban J connectivity index is 2.75. The third-order valence-corrected chi connectivity index (χ3v) is 2.73. The van der Waals surface area contributed by atoms with Crippen LogP contribution in [-0.4, -0.2) is 4.98 Å². The molecule has 1 atom stereocenters. The molecule has 92 valence electrons. The lowest BCUT2D eigenvalue weighted by Crippen LogP contribution is -2.03. The Morgan fingerprint density at radius 3 is 2.59 bits per heavy atom. The quantitative estimate of drug-likeness (QED) is 0.555. The van der Waals surface area contributed by atoms with Gasteiger partial charge in [-0.15, -0.1) is 11.6 Å². The lowest BCUT2D eigenvalue weighted by molar-refractivity contribution is -0.136. The van der Waals surface area contributed by atoms with Crippen molar-refractivity contribution < 1.29 is 17.6 Å². The molecule has 0 N–H and O–H groups in total. The molecule has 0 amide bonds. The van der Waals surface area contributed by atoms with Gasteiger partial charge >= 0.3 is 6.18 Å². The topological polar surface area (TPSA) is 26.0 Å². The Kier molecular flexibility index (Phi) is 2.99. The molecule has 0 bridgehead atoms. The fraction of sp³-hybridized carbons (Fsp3) is 0.300. The van der Waals surface area contributed by atoms with Gasteiger partial charge in [0.2, 0.25) is 0 Å². The van der Waals surface area contributed by atoms with E-state index in [0.717, 1.165) is 0 Å². The van der Waals surface area contributed by atoms with Crippen molar-refractivity contribution in [2.45, 2.75) is 18.5 Å². The van der Waals surface area contributed by atoms with Crippen LogP contribution in [0, 0.1) is 0 Å². The Morgan fingerprint density at radius 1 is 1.41 bits per heavy atom. The van der Waals surface area contributed by atoms with Gasteiger partial charge in [0.1, 0.15) is 11.8 Å². The van der Waals surface area contributed by atoms with E-state index < -0.39 is 17.1 Å². The zero-order valence-electron chi connectivity index (χ0n) is 8.48. The van der Waals surface area contributed by atoms with E-state index in [0.29, 0.717) is 6.26 Å². The summed E-state index contributed by atoms with van der Waals surface area (Å²) in [6, 6.07) is 1.24. The van der Waals surface area contributed by atoms with Crippen molar-refractivity contribution in [1.82, 2.24) is 4.98 Å². The van der Waals surface area contributed by atoms with Crippen LogP contribution in [-0.2, 0) is 6.18 Å². The summed E-state index contributed by atoms with van der Waals surface area (Å²) < 4.78 is 42.8. The van der Waals surface area contributed by atoms with Gasteiger partial charge in [-0.3, -0.25) is 0 Å². The van der Waals surface area contributed by atoms with Crippen LogP contribution in [0.25, 0.3) is 11.0 Å². The van der Waals surface area contributed by atoms with Gasteiger partial charge in [-0.2, -0.15) is 13.2 Å². The Hall–Kier alpha value is -0.940. The summed E-state index contributed by atoms with van der Waals surface area (Å²) in [6.07, 6.45) is -3.87. The molecule has 2 aromatic heterocycles. The predicted molar refractivity (Wildman–Crippen MR) is 58.3 cm³/mol. The first-order valence-electron chi connectivity index (χ1n) is 4.59. The summed E-state index contributed by atoms with van der Waals surface area (Å²) in [7, 11) is 0. The highest BCUT2D eigenvalue weighted by Crippen LogP contribution is 2.39. The molecule has 0 aliphatic heterocycles. The van der Waals surface area contributed by atoms with Crippen molar-refractivity contribution in [2.75, 3.05) is 0 Å². The SMILES string of the molecule is CC(Cl)c1cc2c(C(F)(F)F)coc2c(Cl)n1. The molecular formula is C10H6Cl2F3NO. The lowest BCUT2D eigenvalue weighted by Gasteiger charge is -2.06. The first-order chi connectivity index (χ1) is 7.80. The molecule has 0 saturated heterocycles. The number of halogens is 5. The summed E-state index contributed by atoms with van der Waals surface area (Å²) in [5, 5.41) is -0.784. The molecule has 0 aliphatic rings. The third-order valence-electron chi connectivity index (χ3n) is 2.25. The van der Waals surface area contributed by atoms with Crippen LogP contribution < -0.4 is 0 Å². The summed E-state index contributed by atoms with van der Waals surface area (Å²) in [5.41, 5.74) is -0.688. The number of pyridine rings is 1. The second-order valence-electron chi connectivity index (χ2n) is 3.48. The standard InChI is InChI=1S/C10H6Cl2F3NO/c1-4(11)7-2-5-6(10(13,14)15)3-17-8(5)9(12)16-7/h2-4H,1H3. The Morgan fingerprint density at radius 2 is 2.06 bits per heavy atom. The second kappa shape index (κ2) is 4.07. The monoisotopic (exact) mass is 283 g/mol. The fourth-order valence-electron chi connectivity index (χ4n) is 1.44. The van der Waals surface area contributed by atoms with Crippen LogP contribution in [0.2, 0.25) is 5.15 Å². The smallest absolute Gasteiger partial charge is 0.420 e. The van der Waals surface area contributed by atoms with Crippen molar-refractivity contribution >= 4 is 34.2 Å². The first kappa shape index (κ1) is 12.5. The van der Waals surface area contributed by atoms with Crippen LogP contribution in [0.15, 0.2) is 16.7 Å². The van der Waals surface area contributed by atoms with E-state index in [4.69, 9.17) is 27.6 Å². The maximum atomic E-state index is 12.7. The molecule has 1 unspecified atom stereocenters. The largest absolute Gasteiger partial charge is 0.460 e. The van der Waals surface area contributed by atoms with Gasteiger partial charge in [-0.05, 0) is 13.0 Å². The molecule has 2 heterocycles. The van der Waals surface area contributed by atoms with Gasteiger partial charge in [0.05, 0.1) is 11.1 Å². The van der Waals surface area contributed by atoms with Crippen LogP contribution >= 0.6 is 23.2 Å². The molecule has 0 spiro atoms. The van der Waals surface area contributed by atoms with Gasteiger partial charge in [-0.1, -0.05) is 11.6 Å². The molecular weight excluding hydrogens is 278 g/mol. The number of nitrogens with zero attached hydrogens (tertiary/aromatic N) is 1. The molecule has 2 aromatic rings. The van der Waals surface area contributed by atoms with Crippen LogP contribution in [0.4, 0.5) is 13.2 Å². The molecule has 0 radical (unpaired) electrons. The van der Waals surface area contributed by atoms with E-state index in [9.17, 15) is 13.2 Å². The number of hydrogen-bond acceptors (Lipinski definition) is 2. The highest BCUT2D eigenvalue weighted by molar-refractivity contribution is 6.33. The van der Waals surface area contributed by atoms with Crippen molar-refractivity contribution in [3.8, 4) is 0 Å². The number of alkyl halides is 4. The number of furan rings is 1. The highest BCUT2D eigenvalue weighted by atomic mass is 35.5. The zero-order valence-corrected chi connectivity index (χ0v) is 9.99. The normalized spacial score (nSPS) is 14.2. The zero-order chi connectivity index (χ0) is 12.8. The number of rotatable bonds is 1. The van der Waals surface area contributed by atoms with Gasteiger partial charge in [0, 0.05) is 5.39 Å². The van der Waals surface area contributed by atoms with Gasteiger partial charge in [-0.25, -0.2) is 4.98 Å². The van der Waals surface area contributed by atoms with E-state index in [1.807, 2.05) is 0 Å². The summed E-state index contributed by atoms with van der Waals surface area (Å²) in [4.78, 5) is 3.87. The van der Waals surface area contributed by atoms with Gasteiger partial charge in [0.15, 0.2) is 10.7 Å². The van der Waals surface area contributed by atoms with Crippen molar-refractivity contribution in [2.24, 2.45) is 0 Å². The van der Waals surface area contributed by atoms with E-state index in [-0.39, 0.29) is 21.8 Å². The molecule has 0 aliphatic carbocycles. The third kappa shape index (κ3) is 2.21. The lowest BCUT2D eigenvalue weighted by atomic mass is 10.1. The molecule has 17 heavy (non-hydrogen) atoms. The van der Waals surface area contributed by atoms with E-state index in [1.54, 1.807) is 6.92 Å². The minimum Gasteiger partial charge on any atom is -0.460 e.